The topological polar surface area (TPSA) is 81.2 Å². The van der Waals surface area contributed by atoms with Gasteiger partial charge in [0.2, 0.25) is 0 Å². The normalized spacial score (nSPS) is 16.3. The minimum absolute atomic E-state index is 0.0433. The van der Waals surface area contributed by atoms with Gasteiger partial charge in [-0.1, -0.05) is 26.0 Å². The van der Waals surface area contributed by atoms with Crippen LogP contribution in [0.4, 0.5) is 0 Å². The lowest BCUT2D eigenvalue weighted by Crippen LogP contribution is -2.50. The predicted octanol–water partition coefficient (Wildman–Crippen LogP) is 1.39. The van der Waals surface area contributed by atoms with Crippen molar-refractivity contribution in [1.82, 2.24) is 25.8 Å². The molecule has 0 saturated carbocycles. The highest BCUT2D eigenvalue weighted by Gasteiger charge is 2.22. The van der Waals surface area contributed by atoms with Gasteiger partial charge in [0.1, 0.15) is 0 Å². The van der Waals surface area contributed by atoms with Gasteiger partial charge in [0, 0.05) is 57.9 Å². The van der Waals surface area contributed by atoms with E-state index in [2.05, 4.69) is 39.7 Å². The van der Waals surface area contributed by atoms with Crippen LogP contribution in [0.1, 0.15) is 36.2 Å². The van der Waals surface area contributed by atoms with Gasteiger partial charge in [0.05, 0.1) is 13.2 Å². The maximum Gasteiger partial charge on any atom is 0.251 e. The van der Waals surface area contributed by atoms with Crippen molar-refractivity contribution in [3.05, 3.63) is 35.4 Å². The predicted molar refractivity (Wildman–Crippen MR) is 131 cm³/mol. The SMILES string of the molecule is CN=C(NCc1cccc(C(=O)NCCN(C)C)c1)NCC(CC(C)C)N1CCOCC1. The van der Waals surface area contributed by atoms with Crippen molar-refractivity contribution in [3.8, 4) is 0 Å². The molecule has 1 atom stereocenters. The van der Waals surface area contributed by atoms with E-state index >= 15 is 0 Å². The first-order chi connectivity index (χ1) is 15.4. The molecule has 1 aliphatic heterocycles. The second kappa shape index (κ2) is 14.1. The van der Waals surface area contributed by atoms with E-state index in [9.17, 15) is 4.79 Å². The first-order valence-electron chi connectivity index (χ1n) is 11.7. The summed E-state index contributed by atoms with van der Waals surface area (Å²) in [6, 6.07) is 8.17. The third kappa shape index (κ3) is 9.54. The summed E-state index contributed by atoms with van der Waals surface area (Å²) in [7, 11) is 5.77. The van der Waals surface area contributed by atoms with Crippen molar-refractivity contribution in [2.75, 3.05) is 67.1 Å². The van der Waals surface area contributed by atoms with Gasteiger partial charge in [-0.15, -0.1) is 0 Å². The number of guanidine groups is 1. The Morgan fingerprint density at radius 2 is 1.94 bits per heavy atom. The largest absolute Gasteiger partial charge is 0.379 e. The Labute approximate surface area is 193 Å². The van der Waals surface area contributed by atoms with Crippen molar-refractivity contribution in [3.63, 3.8) is 0 Å². The monoisotopic (exact) mass is 446 g/mol. The molecule has 1 heterocycles. The molecule has 0 aromatic heterocycles. The lowest BCUT2D eigenvalue weighted by molar-refractivity contribution is 0.0132. The number of likely N-dealkylation sites (N-methyl/N-ethyl adjacent to an activating group) is 1. The van der Waals surface area contributed by atoms with Crippen LogP contribution in [0.15, 0.2) is 29.3 Å². The van der Waals surface area contributed by atoms with Crippen LogP contribution in [0.3, 0.4) is 0 Å². The van der Waals surface area contributed by atoms with E-state index < -0.39 is 0 Å². The van der Waals surface area contributed by atoms with Crippen LogP contribution in [0, 0.1) is 5.92 Å². The molecule has 32 heavy (non-hydrogen) atoms. The van der Waals surface area contributed by atoms with Crippen LogP contribution in [-0.4, -0.2) is 94.8 Å². The summed E-state index contributed by atoms with van der Waals surface area (Å²) in [5.41, 5.74) is 1.72. The number of nitrogens with one attached hydrogen (secondary N) is 3. The molecule has 1 aromatic carbocycles. The Morgan fingerprint density at radius 1 is 1.19 bits per heavy atom. The smallest absolute Gasteiger partial charge is 0.251 e. The minimum Gasteiger partial charge on any atom is -0.379 e. The fraction of sp³-hybridized carbons (Fsp3) is 0.667. The number of benzene rings is 1. The number of amides is 1. The maximum absolute atomic E-state index is 12.4. The number of morpholine rings is 1. The van der Waals surface area contributed by atoms with E-state index in [1.807, 2.05) is 43.3 Å². The highest BCUT2D eigenvalue weighted by molar-refractivity contribution is 5.94. The van der Waals surface area contributed by atoms with Crippen molar-refractivity contribution >= 4 is 11.9 Å². The number of nitrogens with zero attached hydrogens (tertiary/aromatic N) is 3. The summed E-state index contributed by atoms with van der Waals surface area (Å²) < 4.78 is 5.52. The molecule has 180 valence electrons. The molecule has 1 aliphatic rings. The first-order valence-corrected chi connectivity index (χ1v) is 11.7. The zero-order chi connectivity index (χ0) is 23.3. The van der Waals surface area contributed by atoms with Crippen molar-refractivity contribution < 1.29 is 9.53 Å². The fourth-order valence-electron chi connectivity index (χ4n) is 3.79. The van der Waals surface area contributed by atoms with Gasteiger partial charge < -0.3 is 25.6 Å². The van der Waals surface area contributed by atoms with Crippen molar-refractivity contribution in [2.24, 2.45) is 10.9 Å². The average Bonchev–Trinajstić information content (AvgIpc) is 2.78. The van der Waals surface area contributed by atoms with Crippen molar-refractivity contribution in [2.45, 2.75) is 32.9 Å². The summed E-state index contributed by atoms with van der Waals surface area (Å²) in [5.74, 6) is 1.36. The fourth-order valence-corrected chi connectivity index (χ4v) is 3.79. The molecule has 0 aliphatic carbocycles. The number of aliphatic imine (C=N–C) groups is 1. The summed E-state index contributed by atoms with van der Waals surface area (Å²) in [4.78, 5) is 21.3. The Morgan fingerprint density at radius 3 is 2.59 bits per heavy atom. The summed E-state index contributed by atoms with van der Waals surface area (Å²) in [6.07, 6.45) is 1.13. The van der Waals surface area contributed by atoms with Crippen LogP contribution in [0.2, 0.25) is 0 Å². The molecule has 8 heteroatoms. The minimum atomic E-state index is -0.0433. The molecule has 1 amide bonds. The molecule has 1 aromatic rings. The summed E-state index contributed by atoms with van der Waals surface area (Å²) in [5, 5.41) is 9.83. The highest BCUT2D eigenvalue weighted by atomic mass is 16.5. The van der Waals surface area contributed by atoms with Gasteiger partial charge in [-0.25, -0.2) is 0 Å². The van der Waals surface area contributed by atoms with E-state index in [4.69, 9.17) is 4.74 Å². The number of carbonyl (C=O) groups is 1. The van der Waals surface area contributed by atoms with Gasteiger partial charge in [-0.05, 0) is 44.1 Å². The average molecular weight is 447 g/mol. The Kier molecular flexibility index (Phi) is 11.5. The van der Waals surface area contributed by atoms with Gasteiger partial charge >= 0.3 is 0 Å². The number of rotatable bonds is 11. The molecule has 1 saturated heterocycles. The van der Waals surface area contributed by atoms with Gasteiger partial charge in [0.25, 0.3) is 5.91 Å². The number of hydrogen-bond donors (Lipinski definition) is 3. The van der Waals surface area contributed by atoms with Gasteiger partial charge in [-0.3, -0.25) is 14.7 Å². The third-order valence-corrected chi connectivity index (χ3v) is 5.53. The molecule has 3 N–H and O–H groups in total. The summed E-state index contributed by atoms with van der Waals surface area (Å²) in [6.45, 7) is 11.0. The molecule has 8 nitrogen and oxygen atoms in total. The zero-order valence-corrected chi connectivity index (χ0v) is 20.5. The highest BCUT2D eigenvalue weighted by Crippen LogP contribution is 2.13. The second-order valence-electron chi connectivity index (χ2n) is 9.00. The molecule has 0 radical (unpaired) electrons. The number of hydrogen-bond acceptors (Lipinski definition) is 5. The van der Waals surface area contributed by atoms with E-state index in [0.717, 1.165) is 57.3 Å². The van der Waals surface area contributed by atoms with Crippen LogP contribution in [0.5, 0.6) is 0 Å². The summed E-state index contributed by atoms with van der Waals surface area (Å²) >= 11 is 0. The molecule has 2 rings (SSSR count). The molecule has 1 fully saturated rings. The van der Waals surface area contributed by atoms with Crippen LogP contribution in [-0.2, 0) is 11.3 Å². The molecule has 1 unspecified atom stereocenters. The van der Waals surface area contributed by atoms with E-state index in [1.165, 1.54) is 0 Å². The lowest BCUT2D eigenvalue weighted by atomic mass is 10.0. The van der Waals surface area contributed by atoms with Gasteiger partial charge in [0.15, 0.2) is 5.96 Å². The third-order valence-electron chi connectivity index (χ3n) is 5.53. The number of carbonyl (C=O) groups excluding carboxylic acids is 1. The Hall–Kier alpha value is -2.16. The Balaban J connectivity index is 1.86. The quantitative estimate of drug-likeness (QED) is 0.352. The van der Waals surface area contributed by atoms with E-state index in [-0.39, 0.29) is 5.91 Å². The van der Waals surface area contributed by atoms with Gasteiger partial charge in [-0.2, -0.15) is 0 Å². The zero-order valence-electron chi connectivity index (χ0n) is 20.5. The van der Waals surface area contributed by atoms with E-state index in [1.54, 1.807) is 7.05 Å². The first kappa shape index (κ1) is 26.1. The second-order valence-corrected chi connectivity index (χ2v) is 9.00. The lowest BCUT2D eigenvalue weighted by Gasteiger charge is -2.35. The molecule has 0 spiro atoms. The standard InChI is InChI=1S/C24H42N6O2/c1-19(2)15-22(30-11-13-32-14-12-30)18-28-24(25-3)27-17-20-7-6-8-21(16-20)23(31)26-9-10-29(4)5/h6-8,16,19,22H,9-15,17-18H2,1-5H3,(H,26,31)(H2,25,27,28). The van der Waals surface area contributed by atoms with Crippen LogP contribution < -0.4 is 16.0 Å². The molecule has 0 bridgehead atoms. The maximum atomic E-state index is 12.4. The van der Waals surface area contributed by atoms with Crippen LogP contribution in [0.25, 0.3) is 0 Å². The molecular weight excluding hydrogens is 404 g/mol. The van der Waals surface area contributed by atoms with Crippen molar-refractivity contribution in [1.29, 1.82) is 0 Å². The van der Waals surface area contributed by atoms with Crippen LogP contribution >= 0.6 is 0 Å². The Bertz CT molecular complexity index is 716. The van der Waals surface area contributed by atoms with E-state index in [0.29, 0.717) is 30.6 Å². The molecular formula is C24H42N6O2. The number of ether oxygens (including phenoxy) is 1.